The Morgan fingerprint density at radius 1 is 0.773 bits per heavy atom. The van der Waals surface area contributed by atoms with Crippen molar-refractivity contribution in [3.05, 3.63) is 0 Å². The summed E-state index contributed by atoms with van der Waals surface area (Å²) >= 11 is 0. The maximum Gasteiger partial charge on any atom is 0.136 e. The minimum absolute atomic E-state index is 0.373. The van der Waals surface area contributed by atoms with Crippen molar-refractivity contribution in [2.45, 2.75) is 67.2 Å². The first-order chi connectivity index (χ1) is 10.2. The number of carbonyl (C=O) groups excluding carboxylic acids is 2. The van der Waals surface area contributed by atoms with Gasteiger partial charge in [-0.3, -0.25) is 9.59 Å². The van der Waals surface area contributed by atoms with Crippen molar-refractivity contribution in [2.24, 2.45) is 46.3 Å². The molecule has 0 amide bonds. The Kier molecular flexibility index (Phi) is 3.62. The van der Waals surface area contributed by atoms with Gasteiger partial charge in [-0.2, -0.15) is 0 Å². The highest BCUT2D eigenvalue weighted by Gasteiger charge is 2.65. The maximum absolute atomic E-state index is 11.3. The summed E-state index contributed by atoms with van der Waals surface area (Å²) in [6.07, 6.45) is 4.38. The maximum atomic E-state index is 11.3. The number of hydrogen-bond acceptors (Lipinski definition) is 2. The van der Waals surface area contributed by atoms with E-state index in [4.69, 9.17) is 0 Å². The molecule has 4 rings (SSSR count). The predicted octanol–water partition coefficient (Wildman–Crippen LogP) is 4.52. The van der Waals surface area contributed by atoms with E-state index in [-0.39, 0.29) is 0 Å². The standard InChI is InChI=1S/2C10H16O/c2*1-6(2)10-4-8(10)7(3)9(11)5-10/h2*6-8H,4-5H2,1-3H3/t7-,8+,10-;7-,8-,10-/m00/s1. The van der Waals surface area contributed by atoms with E-state index >= 15 is 0 Å². The lowest BCUT2D eigenvalue weighted by molar-refractivity contribution is -0.122. The number of Topliss-reactive ketones (excluding diaryl/α,β-unsaturated/α-hetero) is 2. The monoisotopic (exact) mass is 304 g/mol. The average molecular weight is 304 g/mol. The van der Waals surface area contributed by atoms with E-state index in [2.05, 4.69) is 41.5 Å². The van der Waals surface area contributed by atoms with Crippen LogP contribution in [0.15, 0.2) is 0 Å². The molecule has 2 heteroatoms. The molecule has 0 aromatic carbocycles. The Morgan fingerprint density at radius 3 is 1.23 bits per heavy atom. The molecule has 0 aromatic rings. The molecule has 0 aliphatic heterocycles. The molecular formula is C20H32O2. The fourth-order valence-corrected chi connectivity index (χ4v) is 5.61. The van der Waals surface area contributed by atoms with E-state index in [0.717, 1.165) is 24.7 Å². The third kappa shape index (κ3) is 2.12. The average Bonchev–Trinajstić information content (AvgIpc) is 3.29. The second-order valence-electron chi connectivity index (χ2n) is 9.26. The van der Waals surface area contributed by atoms with Crippen LogP contribution in [0.3, 0.4) is 0 Å². The van der Waals surface area contributed by atoms with Crippen molar-refractivity contribution >= 4 is 11.6 Å². The van der Waals surface area contributed by atoms with E-state index in [0.29, 0.717) is 46.1 Å². The zero-order valence-corrected chi connectivity index (χ0v) is 15.1. The van der Waals surface area contributed by atoms with Gasteiger partial charge in [0.15, 0.2) is 0 Å². The lowest BCUT2D eigenvalue weighted by Crippen LogP contribution is -2.10. The van der Waals surface area contributed by atoms with Crippen molar-refractivity contribution in [3.63, 3.8) is 0 Å². The number of carbonyl (C=O) groups is 2. The summed E-state index contributed by atoms with van der Waals surface area (Å²) in [6.45, 7) is 13.2. The van der Waals surface area contributed by atoms with Gasteiger partial charge in [0.05, 0.1) is 0 Å². The second kappa shape index (κ2) is 4.92. The van der Waals surface area contributed by atoms with Crippen molar-refractivity contribution in [1.29, 1.82) is 0 Å². The Bertz CT molecular complexity index is 460. The van der Waals surface area contributed by atoms with Crippen molar-refractivity contribution < 1.29 is 9.59 Å². The molecule has 22 heavy (non-hydrogen) atoms. The van der Waals surface area contributed by atoms with Gasteiger partial charge in [0.25, 0.3) is 0 Å². The molecule has 4 aliphatic rings. The van der Waals surface area contributed by atoms with Crippen molar-refractivity contribution in [2.75, 3.05) is 0 Å². The van der Waals surface area contributed by atoms with Crippen LogP contribution in [-0.2, 0) is 9.59 Å². The highest BCUT2D eigenvalue weighted by Crippen LogP contribution is 2.69. The van der Waals surface area contributed by atoms with Gasteiger partial charge in [-0.15, -0.1) is 0 Å². The smallest absolute Gasteiger partial charge is 0.136 e. The molecule has 4 aliphatic carbocycles. The highest BCUT2D eigenvalue weighted by molar-refractivity contribution is 5.86. The van der Waals surface area contributed by atoms with Crippen molar-refractivity contribution in [1.82, 2.24) is 0 Å². The van der Waals surface area contributed by atoms with E-state index in [1.165, 1.54) is 12.8 Å². The molecule has 0 saturated heterocycles. The third-order valence-corrected chi connectivity index (χ3v) is 7.89. The number of rotatable bonds is 2. The first-order valence-corrected chi connectivity index (χ1v) is 9.21. The zero-order chi connectivity index (χ0) is 16.4. The minimum Gasteiger partial charge on any atom is -0.299 e. The Balaban J connectivity index is 0.000000131. The van der Waals surface area contributed by atoms with E-state index in [9.17, 15) is 9.59 Å². The minimum atomic E-state index is 0.373. The molecule has 0 radical (unpaired) electrons. The van der Waals surface area contributed by atoms with E-state index in [1.54, 1.807) is 0 Å². The summed E-state index contributed by atoms with van der Waals surface area (Å²) in [6, 6.07) is 0. The number of fused-ring (bicyclic) bond motifs is 2. The summed E-state index contributed by atoms with van der Waals surface area (Å²) in [5.41, 5.74) is 0.910. The van der Waals surface area contributed by atoms with Crippen LogP contribution in [-0.4, -0.2) is 11.6 Å². The molecule has 4 fully saturated rings. The second-order valence-corrected chi connectivity index (χ2v) is 9.26. The molecule has 0 N–H and O–H groups in total. The summed E-state index contributed by atoms with van der Waals surface area (Å²) in [5, 5.41) is 0. The Morgan fingerprint density at radius 2 is 1.09 bits per heavy atom. The summed E-state index contributed by atoms with van der Waals surface area (Å²) in [5.74, 6) is 4.67. The predicted molar refractivity (Wildman–Crippen MR) is 88.3 cm³/mol. The van der Waals surface area contributed by atoms with E-state index in [1.807, 2.05) is 0 Å². The van der Waals surface area contributed by atoms with Crippen molar-refractivity contribution in [3.8, 4) is 0 Å². The summed E-state index contributed by atoms with van der Waals surface area (Å²) in [4.78, 5) is 22.6. The first-order valence-electron chi connectivity index (χ1n) is 9.21. The fraction of sp³-hybridized carbons (Fsp3) is 0.900. The first kappa shape index (κ1) is 16.2. The van der Waals surface area contributed by atoms with Gasteiger partial charge < -0.3 is 0 Å². The van der Waals surface area contributed by atoms with E-state index < -0.39 is 0 Å². The van der Waals surface area contributed by atoms with Crippen LogP contribution in [0.1, 0.15) is 67.2 Å². The fourth-order valence-electron chi connectivity index (χ4n) is 5.61. The lowest BCUT2D eigenvalue weighted by atomic mass is 9.90. The van der Waals surface area contributed by atoms with Crippen LogP contribution in [0.25, 0.3) is 0 Å². The lowest BCUT2D eigenvalue weighted by Gasteiger charge is -2.14. The number of hydrogen-bond donors (Lipinski definition) is 0. The van der Waals surface area contributed by atoms with Gasteiger partial charge >= 0.3 is 0 Å². The Labute approximate surface area is 135 Å². The largest absolute Gasteiger partial charge is 0.299 e. The van der Waals surface area contributed by atoms with Gasteiger partial charge in [-0.05, 0) is 47.3 Å². The summed E-state index contributed by atoms with van der Waals surface area (Å²) in [7, 11) is 0. The molecule has 124 valence electrons. The molecule has 0 aromatic heterocycles. The molecular weight excluding hydrogens is 272 g/mol. The third-order valence-electron chi connectivity index (χ3n) is 7.89. The molecule has 0 bridgehead atoms. The molecule has 0 spiro atoms. The zero-order valence-electron chi connectivity index (χ0n) is 15.1. The highest BCUT2D eigenvalue weighted by atomic mass is 16.1. The van der Waals surface area contributed by atoms with Gasteiger partial charge in [0.2, 0.25) is 0 Å². The molecule has 2 nitrogen and oxygen atoms in total. The van der Waals surface area contributed by atoms with Crippen LogP contribution in [0.4, 0.5) is 0 Å². The molecule has 6 atom stereocenters. The summed E-state index contributed by atoms with van der Waals surface area (Å²) < 4.78 is 0. The quantitative estimate of drug-likeness (QED) is 0.752. The van der Waals surface area contributed by atoms with Gasteiger partial charge in [0, 0.05) is 24.7 Å². The normalized spacial score (nSPS) is 48.2. The van der Waals surface area contributed by atoms with Gasteiger partial charge in [-0.25, -0.2) is 0 Å². The van der Waals surface area contributed by atoms with Crippen LogP contribution < -0.4 is 0 Å². The SMILES string of the molecule is CC(C)[C@]12CC(=O)[C@@H](C)[C@@H]1C2.CC(C)[C@]12CC(=O)[C@@H](C)[C@H]1C2. The number of ketones is 2. The van der Waals surface area contributed by atoms with Crippen LogP contribution in [0.2, 0.25) is 0 Å². The Hall–Kier alpha value is -0.660. The molecule has 0 heterocycles. The topological polar surface area (TPSA) is 34.1 Å². The molecule has 0 unspecified atom stereocenters. The van der Waals surface area contributed by atoms with Gasteiger partial charge in [-0.1, -0.05) is 41.5 Å². The van der Waals surface area contributed by atoms with Crippen LogP contribution in [0.5, 0.6) is 0 Å². The van der Waals surface area contributed by atoms with Crippen LogP contribution in [0, 0.1) is 46.3 Å². The van der Waals surface area contributed by atoms with Gasteiger partial charge in [0.1, 0.15) is 11.6 Å². The van der Waals surface area contributed by atoms with Crippen LogP contribution >= 0.6 is 0 Å². The molecule has 4 saturated carbocycles.